The number of hydrogen-bond donors (Lipinski definition) is 0. The molecule has 1 aliphatic rings. The molecule has 0 aromatic carbocycles. The van der Waals surface area contributed by atoms with Gasteiger partial charge in [-0.1, -0.05) is 19.3 Å². The molecule has 94 valence electrons. The van der Waals surface area contributed by atoms with E-state index in [9.17, 15) is 4.79 Å². The highest BCUT2D eigenvalue weighted by Gasteiger charge is 2.26. The van der Waals surface area contributed by atoms with Crippen molar-refractivity contribution in [2.75, 3.05) is 6.54 Å². The highest BCUT2D eigenvalue weighted by molar-refractivity contribution is 6.32. The Morgan fingerprint density at radius 3 is 2.71 bits per heavy atom. The normalized spacial score (nSPS) is 17.1. The monoisotopic (exact) mass is 255 g/mol. The van der Waals surface area contributed by atoms with Crippen LogP contribution in [0, 0.1) is 0 Å². The predicted molar refractivity (Wildman–Crippen MR) is 67.3 cm³/mol. The second-order valence-electron chi connectivity index (χ2n) is 4.49. The molecule has 3 nitrogen and oxygen atoms in total. The van der Waals surface area contributed by atoms with Gasteiger partial charge in [-0.3, -0.25) is 4.79 Å². The first-order valence-electron chi connectivity index (χ1n) is 6.28. The predicted octanol–water partition coefficient (Wildman–Crippen LogP) is 3.73. The van der Waals surface area contributed by atoms with E-state index in [4.69, 9.17) is 16.0 Å². The Balaban J connectivity index is 2.12. The molecule has 0 bridgehead atoms. The van der Waals surface area contributed by atoms with E-state index in [2.05, 4.69) is 0 Å². The summed E-state index contributed by atoms with van der Waals surface area (Å²) in [7, 11) is 0. The van der Waals surface area contributed by atoms with E-state index in [-0.39, 0.29) is 11.1 Å². The molecule has 1 aliphatic carbocycles. The molecule has 0 aliphatic heterocycles. The van der Waals surface area contributed by atoms with Crippen LogP contribution in [0.3, 0.4) is 0 Å². The summed E-state index contributed by atoms with van der Waals surface area (Å²) < 4.78 is 4.99. The van der Waals surface area contributed by atoms with Crippen LogP contribution in [0.5, 0.6) is 0 Å². The average Bonchev–Trinajstić information content (AvgIpc) is 2.77. The van der Waals surface area contributed by atoms with E-state index < -0.39 is 0 Å². The third-order valence-corrected chi connectivity index (χ3v) is 3.76. The van der Waals surface area contributed by atoms with Crippen LogP contribution >= 0.6 is 11.6 Å². The van der Waals surface area contributed by atoms with Crippen molar-refractivity contribution < 1.29 is 9.21 Å². The van der Waals surface area contributed by atoms with E-state index >= 15 is 0 Å². The summed E-state index contributed by atoms with van der Waals surface area (Å²) in [4.78, 5) is 14.3. The highest BCUT2D eigenvalue weighted by Crippen LogP contribution is 2.26. The molecule has 1 aromatic rings. The van der Waals surface area contributed by atoms with Crippen LogP contribution in [0.2, 0.25) is 5.22 Å². The van der Waals surface area contributed by atoms with Gasteiger partial charge in [0.1, 0.15) is 0 Å². The summed E-state index contributed by atoms with van der Waals surface area (Å²) in [5.41, 5.74) is 0.485. The summed E-state index contributed by atoms with van der Waals surface area (Å²) >= 11 is 5.86. The van der Waals surface area contributed by atoms with E-state index in [0.717, 1.165) is 19.4 Å². The van der Waals surface area contributed by atoms with Gasteiger partial charge in [-0.2, -0.15) is 0 Å². The fourth-order valence-corrected chi connectivity index (χ4v) is 2.76. The molecule has 0 saturated heterocycles. The topological polar surface area (TPSA) is 33.5 Å². The maximum Gasteiger partial charge on any atom is 0.258 e. The minimum atomic E-state index is -0.00171. The van der Waals surface area contributed by atoms with Gasteiger partial charge in [-0.15, -0.1) is 0 Å². The second kappa shape index (κ2) is 5.58. The molecule has 0 radical (unpaired) electrons. The Hall–Kier alpha value is -0.960. The molecule has 2 rings (SSSR count). The lowest BCUT2D eigenvalue weighted by molar-refractivity contribution is 0.0647. The SMILES string of the molecule is CCN(C(=O)c1ccoc1Cl)C1CCCCC1. The van der Waals surface area contributed by atoms with Crippen molar-refractivity contribution in [2.45, 2.75) is 45.1 Å². The van der Waals surface area contributed by atoms with Crippen molar-refractivity contribution in [1.82, 2.24) is 4.90 Å². The average molecular weight is 256 g/mol. The van der Waals surface area contributed by atoms with Gasteiger partial charge in [-0.05, 0) is 37.4 Å². The molecule has 1 aromatic heterocycles. The Bertz CT molecular complexity index is 383. The number of rotatable bonds is 3. The molecule has 0 unspecified atom stereocenters. The van der Waals surface area contributed by atoms with E-state index in [0.29, 0.717) is 11.6 Å². The number of hydrogen-bond acceptors (Lipinski definition) is 2. The third kappa shape index (κ3) is 2.65. The van der Waals surface area contributed by atoms with Crippen LogP contribution in [0.4, 0.5) is 0 Å². The molecular formula is C13H18ClNO2. The zero-order valence-corrected chi connectivity index (χ0v) is 10.9. The van der Waals surface area contributed by atoms with Gasteiger partial charge in [0.15, 0.2) is 0 Å². The van der Waals surface area contributed by atoms with Crippen molar-refractivity contribution in [3.05, 3.63) is 23.1 Å². The third-order valence-electron chi connectivity index (χ3n) is 3.47. The standard InChI is InChI=1S/C13H18ClNO2/c1-2-15(10-6-4-3-5-7-10)13(16)11-8-9-17-12(11)14/h8-10H,2-7H2,1H3. The molecule has 0 atom stereocenters. The number of nitrogens with zero attached hydrogens (tertiary/aromatic N) is 1. The Kier molecular flexibility index (Phi) is 4.11. The number of carbonyl (C=O) groups excluding carboxylic acids is 1. The molecule has 1 amide bonds. The van der Waals surface area contributed by atoms with Crippen LogP contribution in [-0.4, -0.2) is 23.4 Å². The van der Waals surface area contributed by atoms with Crippen molar-refractivity contribution in [1.29, 1.82) is 0 Å². The van der Waals surface area contributed by atoms with Crippen LogP contribution < -0.4 is 0 Å². The van der Waals surface area contributed by atoms with E-state index in [1.165, 1.54) is 25.5 Å². The maximum atomic E-state index is 12.3. The lowest BCUT2D eigenvalue weighted by Gasteiger charge is -2.33. The van der Waals surface area contributed by atoms with Crippen LogP contribution in [0.1, 0.15) is 49.4 Å². The highest BCUT2D eigenvalue weighted by atomic mass is 35.5. The molecule has 1 heterocycles. The zero-order chi connectivity index (χ0) is 12.3. The van der Waals surface area contributed by atoms with Crippen molar-refractivity contribution in [3.8, 4) is 0 Å². The van der Waals surface area contributed by atoms with Gasteiger partial charge in [0.25, 0.3) is 5.91 Å². The molecule has 17 heavy (non-hydrogen) atoms. The van der Waals surface area contributed by atoms with E-state index in [1.807, 2.05) is 11.8 Å². The first-order chi connectivity index (χ1) is 8.24. The molecular weight excluding hydrogens is 238 g/mol. The Morgan fingerprint density at radius 2 is 2.18 bits per heavy atom. The number of furan rings is 1. The lowest BCUT2D eigenvalue weighted by atomic mass is 9.94. The van der Waals surface area contributed by atoms with Crippen molar-refractivity contribution in [3.63, 3.8) is 0 Å². The van der Waals surface area contributed by atoms with Crippen LogP contribution in [0.15, 0.2) is 16.7 Å². The summed E-state index contributed by atoms with van der Waals surface area (Å²) in [6.07, 6.45) is 7.39. The zero-order valence-electron chi connectivity index (χ0n) is 10.1. The molecule has 0 spiro atoms. The second-order valence-corrected chi connectivity index (χ2v) is 4.83. The molecule has 1 saturated carbocycles. The quantitative estimate of drug-likeness (QED) is 0.825. The lowest BCUT2D eigenvalue weighted by Crippen LogP contribution is -2.41. The van der Waals surface area contributed by atoms with Gasteiger partial charge in [-0.25, -0.2) is 0 Å². The molecule has 4 heteroatoms. The van der Waals surface area contributed by atoms with Gasteiger partial charge in [0.05, 0.1) is 11.8 Å². The van der Waals surface area contributed by atoms with Crippen LogP contribution in [0.25, 0.3) is 0 Å². The molecule has 1 fully saturated rings. The maximum absolute atomic E-state index is 12.3. The van der Waals surface area contributed by atoms with Crippen LogP contribution in [-0.2, 0) is 0 Å². The minimum absolute atomic E-state index is 0.00171. The largest absolute Gasteiger partial charge is 0.452 e. The van der Waals surface area contributed by atoms with Crippen molar-refractivity contribution in [2.24, 2.45) is 0 Å². The first kappa shape index (κ1) is 12.5. The van der Waals surface area contributed by atoms with Gasteiger partial charge in [0, 0.05) is 12.6 Å². The summed E-state index contributed by atoms with van der Waals surface area (Å²) in [6.45, 7) is 2.74. The fourth-order valence-electron chi connectivity index (χ4n) is 2.56. The minimum Gasteiger partial charge on any atom is -0.452 e. The number of amides is 1. The number of halogens is 1. The Morgan fingerprint density at radius 1 is 1.47 bits per heavy atom. The van der Waals surface area contributed by atoms with Crippen molar-refractivity contribution >= 4 is 17.5 Å². The van der Waals surface area contributed by atoms with Gasteiger partial charge < -0.3 is 9.32 Å². The first-order valence-corrected chi connectivity index (χ1v) is 6.65. The fraction of sp³-hybridized carbons (Fsp3) is 0.615. The summed E-state index contributed by atoms with van der Waals surface area (Å²) in [6, 6.07) is 2.02. The van der Waals surface area contributed by atoms with E-state index in [1.54, 1.807) is 6.07 Å². The summed E-state index contributed by atoms with van der Waals surface area (Å²) in [5.74, 6) is -0.00171. The smallest absolute Gasteiger partial charge is 0.258 e. The summed E-state index contributed by atoms with van der Waals surface area (Å²) in [5, 5.41) is 0.198. The Labute approximate surface area is 107 Å². The number of carbonyl (C=O) groups is 1. The van der Waals surface area contributed by atoms with Gasteiger partial charge >= 0.3 is 0 Å². The van der Waals surface area contributed by atoms with Gasteiger partial charge in [0.2, 0.25) is 5.22 Å². The molecule has 0 N–H and O–H groups in total.